The molecule has 0 aromatic heterocycles. The lowest BCUT2D eigenvalue weighted by atomic mass is 10.2. The van der Waals surface area contributed by atoms with Crippen LogP contribution in [-0.2, 0) is 9.09 Å². The Hall–Kier alpha value is -0.0500. The standard InChI is InChI=1S/C12H18Cl2NO2P/c1-2-3-4-5-8-17-18(15,16)12-9-10(13)6-7-11(12)14/h6-7,9H,2-5,8H2,1H3,(H2,15,16). The first kappa shape index (κ1) is 16.0. The van der Waals surface area contributed by atoms with Gasteiger partial charge < -0.3 is 4.52 Å². The zero-order valence-corrected chi connectivity index (χ0v) is 12.8. The Morgan fingerprint density at radius 1 is 1.28 bits per heavy atom. The minimum atomic E-state index is -3.37. The maximum absolute atomic E-state index is 12.2. The van der Waals surface area contributed by atoms with Gasteiger partial charge in [-0.1, -0.05) is 49.4 Å². The van der Waals surface area contributed by atoms with Crippen LogP contribution in [0.1, 0.15) is 32.6 Å². The maximum atomic E-state index is 12.2. The van der Waals surface area contributed by atoms with Gasteiger partial charge in [0.15, 0.2) is 0 Å². The fourth-order valence-corrected chi connectivity index (χ4v) is 3.47. The third kappa shape index (κ3) is 4.91. The second-order valence-electron chi connectivity index (χ2n) is 4.09. The van der Waals surface area contributed by atoms with E-state index in [2.05, 4.69) is 6.92 Å². The molecule has 0 radical (unpaired) electrons. The molecule has 0 aliphatic rings. The third-order valence-corrected chi connectivity index (χ3v) is 4.83. The molecule has 1 aromatic carbocycles. The fourth-order valence-electron chi connectivity index (χ4n) is 1.52. The van der Waals surface area contributed by atoms with E-state index in [1.54, 1.807) is 12.1 Å². The quantitative estimate of drug-likeness (QED) is 0.601. The summed E-state index contributed by atoms with van der Waals surface area (Å²) < 4.78 is 17.5. The predicted octanol–water partition coefficient (Wildman–Crippen LogP) is 4.37. The van der Waals surface area contributed by atoms with Crippen LogP contribution in [0.4, 0.5) is 0 Å². The van der Waals surface area contributed by atoms with Gasteiger partial charge in [-0.3, -0.25) is 10.1 Å². The summed E-state index contributed by atoms with van der Waals surface area (Å²) >= 11 is 11.8. The first-order chi connectivity index (χ1) is 8.47. The smallest absolute Gasteiger partial charge is 0.298 e. The molecule has 0 saturated heterocycles. The monoisotopic (exact) mass is 309 g/mol. The van der Waals surface area contributed by atoms with Crippen molar-refractivity contribution in [3.05, 3.63) is 28.2 Å². The van der Waals surface area contributed by atoms with Gasteiger partial charge in [-0.2, -0.15) is 0 Å². The summed E-state index contributed by atoms with van der Waals surface area (Å²) in [5.74, 6) is 0. The molecule has 3 nitrogen and oxygen atoms in total. The van der Waals surface area contributed by atoms with E-state index in [1.165, 1.54) is 6.07 Å². The molecule has 1 atom stereocenters. The average molecular weight is 310 g/mol. The first-order valence-corrected chi connectivity index (χ1v) is 8.41. The second-order valence-corrected chi connectivity index (χ2v) is 6.86. The number of rotatable bonds is 7. The van der Waals surface area contributed by atoms with Crippen LogP contribution in [0.3, 0.4) is 0 Å². The van der Waals surface area contributed by atoms with Gasteiger partial charge in [0.1, 0.15) is 0 Å². The first-order valence-electron chi connectivity index (χ1n) is 5.96. The molecule has 1 unspecified atom stereocenters. The highest BCUT2D eigenvalue weighted by Crippen LogP contribution is 2.40. The summed E-state index contributed by atoms with van der Waals surface area (Å²) in [6, 6.07) is 4.69. The number of hydrogen-bond acceptors (Lipinski definition) is 2. The Labute approximate surface area is 118 Å². The van der Waals surface area contributed by atoms with Crippen LogP contribution < -0.4 is 10.8 Å². The van der Waals surface area contributed by atoms with E-state index >= 15 is 0 Å². The third-order valence-electron chi connectivity index (χ3n) is 2.52. The highest BCUT2D eigenvalue weighted by molar-refractivity contribution is 7.64. The largest absolute Gasteiger partial charge is 0.314 e. The van der Waals surface area contributed by atoms with Crippen molar-refractivity contribution in [1.82, 2.24) is 0 Å². The molecule has 2 N–H and O–H groups in total. The van der Waals surface area contributed by atoms with Crippen LogP contribution in [-0.4, -0.2) is 6.61 Å². The highest BCUT2D eigenvalue weighted by atomic mass is 35.5. The predicted molar refractivity (Wildman–Crippen MR) is 78.0 cm³/mol. The van der Waals surface area contributed by atoms with Crippen molar-refractivity contribution in [2.24, 2.45) is 5.50 Å². The van der Waals surface area contributed by atoms with E-state index in [9.17, 15) is 4.57 Å². The molecule has 0 aliphatic heterocycles. The van der Waals surface area contributed by atoms with E-state index < -0.39 is 7.52 Å². The Morgan fingerprint density at radius 3 is 2.67 bits per heavy atom. The van der Waals surface area contributed by atoms with Crippen LogP contribution in [0.5, 0.6) is 0 Å². The minimum absolute atomic E-state index is 0.284. The summed E-state index contributed by atoms with van der Waals surface area (Å²) in [4.78, 5) is 0. The number of hydrogen-bond donors (Lipinski definition) is 1. The molecule has 0 heterocycles. The van der Waals surface area contributed by atoms with Gasteiger partial charge in [0, 0.05) is 5.02 Å². The lowest BCUT2D eigenvalue weighted by Gasteiger charge is -2.15. The van der Waals surface area contributed by atoms with Crippen molar-refractivity contribution in [3.8, 4) is 0 Å². The highest BCUT2D eigenvalue weighted by Gasteiger charge is 2.23. The molecule has 0 spiro atoms. The Balaban J connectivity index is 2.62. The van der Waals surface area contributed by atoms with Gasteiger partial charge in [-0.25, -0.2) is 0 Å². The van der Waals surface area contributed by atoms with Crippen LogP contribution >= 0.6 is 30.7 Å². The summed E-state index contributed by atoms with van der Waals surface area (Å²) in [6.07, 6.45) is 4.16. The molecule has 0 bridgehead atoms. The molecule has 6 heteroatoms. The molecule has 1 aromatic rings. The van der Waals surface area contributed by atoms with E-state index in [1.807, 2.05) is 0 Å². The molecule has 0 aliphatic carbocycles. The van der Waals surface area contributed by atoms with E-state index in [0.29, 0.717) is 16.7 Å². The zero-order chi connectivity index (χ0) is 13.6. The summed E-state index contributed by atoms with van der Waals surface area (Å²) in [7, 11) is -3.37. The van der Waals surface area contributed by atoms with Gasteiger partial charge in [-0.05, 0) is 24.6 Å². The van der Waals surface area contributed by atoms with Gasteiger partial charge in [0.25, 0.3) is 7.52 Å². The van der Waals surface area contributed by atoms with E-state index in [0.717, 1.165) is 25.7 Å². The maximum Gasteiger partial charge on any atom is 0.298 e. The molecule has 18 heavy (non-hydrogen) atoms. The lowest BCUT2D eigenvalue weighted by molar-refractivity contribution is 0.309. The lowest BCUT2D eigenvalue weighted by Crippen LogP contribution is -2.16. The Morgan fingerprint density at radius 2 is 2.00 bits per heavy atom. The SMILES string of the molecule is CCCCCCOP(N)(=O)c1cc(Cl)ccc1Cl. The Kier molecular flexibility index (Phi) is 6.68. The second kappa shape index (κ2) is 7.52. The fraction of sp³-hybridized carbons (Fsp3) is 0.500. The number of halogens is 2. The molecule has 102 valence electrons. The molecule has 1 rings (SSSR count). The normalized spacial score (nSPS) is 14.4. The minimum Gasteiger partial charge on any atom is -0.314 e. The molecule has 0 saturated carbocycles. The van der Waals surface area contributed by atoms with Gasteiger partial charge in [-0.15, -0.1) is 0 Å². The Bertz CT molecular complexity index is 440. The van der Waals surface area contributed by atoms with Crippen molar-refractivity contribution < 1.29 is 9.09 Å². The molecule has 0 fully saturated rings. The van der Waals surface area contributed by atoms with Crippen LogP contribution in [0.15, 0.2) is 18.2 Å². The topological polar surface area (TPSA) is 52.3 Å². The number of benzene rings is 1. The summed E-state index contributed by atoms with van der Waals surface area (Å²) in [5, 5.41) is 1.04. The van der Waals surface area contributed by atoms with Crippen LogP contribution in [0.25, 0.3) is 0 Å². The molecule has 0 amide bonds. The number of nitrogens with two attached hydrogens (primary N) is 1. The van der Waals surface area contributed by atoms with Gasteiger partial charge in [0.2, 0.25) is 0 Å². The van der Waals surface area contributed by atoms with Crippen molar-refractivity contribution in [3.63, 3.8) is 0 Å². The van der Waals surface area contributed by atoms with E-state index in [4.69, 9.17) is 33.2 Å². The molecular formula is C12H18Cl2NO2P. The van der Waals surface area contributed by atoms with Gasteiger partial charge in [0.05, 0.1) is 16.9 Å². The van der Waals surface area contributed by atoms with Crippen molar-refractivity contribution in [1.29, 1.82) is 0 Å². The molecular weight excluding hydrogens is 292 g/mol. The van der Waals surface area contributed by atoms with Crippen molar-refractivity contribution in [2.75, 3.05) is 6.61 Å². The van der Waals surface area contributed by atoms with Crippen molar-refractivity contribution >= 4 is 36.0 Å². The summed E-state index contributed by atoms with van der Waals surface area (Å²) in [6.45, 7) is 2.50. The zero-order valence-electron chi connectivity index (χ0n) is 10.4. The van der Waals surface area contributed by atoms with E-state index in [-0.39, 0.29) is 5.30 Å². The number of unbranched alkanes of at least 4 members (excludes halogenated alkanes) is 3. The van der Waals surface area contributed by atoms with Crippen molar-refractivity contribution in [2.45, 2.75) is 32.6 Å². The van der Waals surface area contributed by atoms with Gasteiger partial charge >= 0.3 is 0 Å². The average Bonchev–Trinajstić information content (AvgIpc) is 2.32. The summed E-state index contributed by atoms with van der Waals surface area (Å²) in [5.41, 5.74) is 5.71. The van der Waals surface area contributed by atoms with Crippen LogP contribution in [0, 0.1) is 0 Å². The van der Waals surface area contributed by atoms with Crippen LogP contribution in [0.2, 0.25) is 10.0 Å².